The van der Waals surface area contributed by atoms with Crippen LogP contribution in [0.2, 0.25) is 5.02 Å². The molecule has 6 nitrogen and oxygen atoms in total. The van der Waals surface area contributed by atoms with Gasteiger partial charge in [-0.1, -0.05) is 23.7 Å². The number of aromatic nitrogens is 2. The van der Waals surface area contributed by atoms with Gasteiger partial charge in [0.25, 0.3) is 5.56 Å². The number of aryl methyl sites for hydroxylation is 1. The Bertz CT molecular complexity index is 840. The van der Waals surface area contributed by atoms with Crippen LogP contribution in [-0.4, -0.2) is 27.6 Å². The Morgan fingerprint density at radius 3 is 2.60 bits per heavy atom. The number of halogens is 1. The minimum atomic E-state index is -0.923. The molecule has 0 spiro atoms. The van der Waals surface area contributed by atoms with Crippen LogP contribution in [0, 0.1) is 25.2 Å². The molecule has 2 atom stereocenters. The van der Waals surface area contributed by atoms with Gasteiger partial charge in [-0.2, -0.15) is 10.4 Å². The molecule has 1 N–H and O–H groups in total. The van der Waals surface area contributed by atoms with Crippen molar-refractivity contribution in [2.75, 3.05) is 6.61 Å². The third-order valence-electron chi connectivity index (χ3n) is 4.01. The Morgan fingerprint density at radius 1 is 1.36 bits per heavy atom. The smallest absolute Gasteiger partial charge is 0.285 e. The van der Waals surface area contributed by atoms with Crippen LogP contribution in [0.15, 0.2) is 29.1 Å². The lowest BCUT2D eigenvalue weighted by Gasteiger charge is -2.18. The van der Waals surface area contributed by atoms with E-state index in [0.29, 0.717) is 16.3 Å². The zero-order valence-corrected chi connectivity index (χ0v) is 15.1. The highest BCUT2D eigenvalue weighted by Crippen LogP contribution is 2.19. The van der Waals surface area contributed by atoms with Crippen LogP contribution in [0.4, 0.5) is 0 Å². The third-order valence-corrected chi connectivity index (χ3v) is 4.26. The van der Waals surface area contributed by atoms with Crippen molar-refractivity contribution in [3.05, 3.63) is 62.0 Å². The van der Waals surface area contributed by atoms with Crippen molar-refractivity contribution in [1.29, 1.82) is 5.26 Å². The van der Waals surface area contributed by atoms with Crippen LogP contribution in [0.3, 0.4) is 0 Å². The molecule has 0 fully saturated rings. The standard InChI is InChI=1S/C18H20ClN3O3/c1-11-12(2)21-22(18(24)17(11)8-20)9-16(23)10-25-13(3)14-4-6-15(19)7-5-14/h4-7,13,16,23H,9-10H2,1-3H3/t13-,16-/m0/s1. The Labute approximate surface area is 151 Å². The van der Waals surface area contributed by atoms with Crippen molar-refractivity contribution in [2.45, 2.75) is 39.5 Å². The van der Waals surface area contributed by atoms with Crippen molar-refractivity contribution in [3.8, 4) is 6.07 Å². The van der Waals surface area contributed by atoms with Crippen molar-refractivity contribution >= 4 is 11.6 Å². The van der Waals surface area contributed by atoms with Crippen molar-refractivity contribution in [3.63, 3.8) is 0 Å². The predicted octanol–water partition coefficient (Wildman–Crippen LogP) is 2.52. The molecule has 2 aromatic rings. The summed E-state index contributed by atoms with van der Waals surface area (Å²) in [5, 5.41) is 24.1. The minimum absolute atomic E-state index is 0.0344. The average Bonchev–Trinajstić information content (AvgIpc) is 2.58. The van der Waals surface area contributed by atoms with E-state index >= 15 is 0 Å². The van der Waals surface area contributed by atoms with E-state index in [1.807, 2.05) is 25.1 Å². The lowest BCUT2D eigenvalue weighted by atomic mass is 10.1. The van der Waals surface area contributed by atoms with Gasteiger partial charge in [-0.3, -0.25) is 4.79 Å². The van der Waals surface area contributed by atoms with Crippen LogP contribution in [0.5, 0.6) is 0 Å². The summed E-state index contributed by atoms with van der Waals surface area (Å²) < 4.78 is 6.76. The number of hydrogen-bond acceptors (Lipinski definition) is 5. The van der Waals surface area contributed by atoms with Crippen LogP contribution in [-0.2, 0) is 11.3 Å². The Kier molecular flexibility index (Phi) is 6.32. The molecule has 1 aromatic heterocycles. The van der Waals surface area contributed by atoms with E-state index in [4.69, 9.17) is 21.6 Å². The summed E-state index contributed by atoms with van der Waals surface area (Å²) in [6, 6.07) is 9.15. The number of hydrogen-bond donors (Lipinski definition) is 1. The molecule has 1 aromatic carbocycles. The monoisotopic (exact) mass is 361 g/mol. The molecular weight excluding hydrogens is 342 g/mol. The number of aliphatic hydroxyl groups excluding tert-OH is 1. The number of nitriles is 1. The number of rotatable bonds is 6. The van der Waals surface area contributed by atoms with Crippen LogP contribution in [0.25, 0.3) is 0 Å². The molecule has 0 saturated carbocycles. The van der Waals surface area contributed by atoms with E-state index < -0.39 is 11.7 Å². The molecule has 2 rings (SSSR count). The van der Waals surface area contributed by atoms with Crippen LogP contribution < -0.4 is 5.56 Å². The highest BCUT2D eigenvalue weighted by Gasteiger charge is 2.16. The molecule has 0 aliphatic heterocycles. The SMILES string of the molecule is Cc1nn(C[C@H](O)CO[C@@H](C)c2ccc(Cl)cc2)c(=O)c(C#N)c1C. The second-order valence-electron chi connectivity index (χ2n) is 5.87. The molecule has 0 bridgehead atoms. The number of ether oxygens (including phenoxy) is 1. The lowest BCUT2D eigenvalue weighted by molar-refractivity contribution is -0.0105. The van der Waals surface area contributed by atoms with Gasteiger partial charge in [0.2, 0.25) is 0 Å². The summed E-state index contributed by atoms with van der Waals surface area (Å²) in [6.07, 6.45) is -1.15. The molecular formula is C18H20ClN3O3. The van der Waals surface area contributed by atoms with Gasteiger partial charge in [-0.15, -0.1) is 0 Å². The van der Waals surface area contributed by atoms with E-state index in [1.165, 1.54) is 0 Å². The van der Waals surface area contributed by atoms with Gasteiger partial charge in [-0.25, -0.2) is 4.68 Å². The minimum Gasteiger partial charge on any atom is -0.389 e. The molecule has 0 saturated heterocycles. The highest BCUT2D eigenvalue weighted by molar-refractivity contribution is 6.30. The maximum absolute atomic E-state index is 12.2. The summed E-state index contributed by atoms with van der Waals surface area (Å²) in [7, 11) is 0. The summed E-state index contributed by atoms with van der Waals surface area (Å²) in [5.41, 5.74) is 1.63. The van der Waals surface area contributed by atoms with Gasteiger partial charge in [0.15, 0.2) is 0 Å². The predicted molar refractivity (Wildman–Crippen MR) is 94.5 cm³/mol. The molecule has 25 heavy (non-hydrogen) atoms. The van der Waals surface area contributed by atoms with Crippen molar-refractivity contribution < 1.29 is 9.84 Å². The molecule has 0 unspecified atom stereocenters. The third kappa shape index (κ3) is 4.67. The highest BCUT2D eigenvalue weighted by atomic mass is 35.5. The Hall–Kier alpha value is -2.20. The van der Waals surface area contributed by atoms with E-state index in [2.05, 4.69) is 5.10 Å². The second-order valence-corrected chi connectivity index (χ2v) is 6.30. The van der Waals surface area contributed by atoms with Crippen LogP contribution >= 0.6 is 11.6 Å². The normalized spacial score (nSPS) is 13.3. The average molecular weight is 362 g/mol. The van der Waals surface area contributed by atoms with Gasteiger partial charge < -0.3 is 9.84 Å². The fourth-order valence-electron chi connectivity index (χ4n) is 2.37. The maximum Gasteiger partial charge on any atom is 0.285 e. The van der Waals surface area contributed by atoms with Crippen molar-refractivity contribution in [1.82, 2.24) is 9.78 Å². The lowest BCUT2D eigenvalue weighted by Crippen LogP contribution is -2.33. The van der Waals surface area contributed by atoms with E-state index in [1.54, 1.807) is 26.0 Å². The van der Waals surface area contributed by atoms with Crippen molar-refractivity contribution in [2.24, 2.45) is 0 Å². The first kappa shape index (κ1) is 19.1. The van der Waals surface area contributed by atoms with E-state index in [-0.39, 0.29) is 24.8 Å². The van der Waals surface area contributed by atoms with Gasteiger partial charge in [0.05, 0.1) is 31.1 Å². The first-order valence-corrected chi connectivity index (χ1v) is 8.24. The molecule has 132 valence electrons. The zero-order valence-electron chi connectivity index (χ0n) is 14.4. The molecule has 1 heterocycles. The topological polar surface area (TPSA) is 88.1 Å². The van der Waals surface area contributed by atoms with Gasteiger partial charge >= 0.3 is 0 Å². The number of nitrogens with zero attached hydrogens (tertiary/aromatic N) is 3. The fourth-order valence-corrected chi connectivity index (χ4v) is 2.49. The Balaban J connectivity index is 2.02. The summed E-state index contributed by atoms with van der Waals surface area (Å²) in [4.78, 5) is 12.2. The quantitative estimate of drug-likeness (QED) is 0.854. The van der Waals surface area contributed by atoms with E-state index in [0.717, 1.165) is 10.2 Å². The largest absolute Gasteiger partial charge is 0.389 e. The summed E-state index contributed by atoms with van der Waals surface area (Å²) >= 11 is 5.85. The Morgan fingerprint density at radius 2 is 2.00 bits per heavy atom. The molecule has 0 radical (unpaired) electrons. The second kappa shape index (κ2) is 8.26. The van der Waals surface area contributed by atoms with Crippen LogP contribution in [0.1, 0.15) is 35.4 Å². The number of aliphatic hydroxyl groups is 1. The maximum atomic E-state index is 12.2. The van der Waals surface area contributed by atoms with Gasteiger partial charge in [-0.05, 0) is 44.0 Å². The number of benzene rings is 1. The summed E-state index contributed by atoms with van der Waals surface area (Å²) in [5.74, 6) is 0. The van der Waals surface area contributed by atoms with E-state index in [9.17, 15) is 9.90 Å². The van der Waals surface area contributed by atoms with Gasteiger partial charge in [0.1, 0.15) is 11.6 Å². The molecule has 7 heteroatoms. The first-order valence-electron chi connectivity index (χ1n) is 7.87. The van der Waals surface area contributed by atoms with Gasteiger partial charge in [0, 0.05) is 5.02 Å². The zero-order chi connectivity index (χ0) is 18.6. The first-order chi connectivity index (χ1) is 11.8. The molecule has 0 amide bonds. The molecule has 0 aliphatic rings. The fraction of sp³-hybridized carbons (Fsp3) is 0.389. The molecule has 0 aliphatic carbocycles. The summed E-state index contributed by atoms with van der Waals surface area (Å²) in [6.45, 7) is 5.26.